The summed E-state index contributed by atoms with van der Waals surface area (Å²) in [5, 5.41) is 2.77. The maximum Gasteiger partial charge on any atom is 0.409 e. The zero-order valence-electron chi connectivity index (χ0n) is 21.4. The number of hydrogen-bond acceptors (Lipinski definition) is 8. The predicted octanol–water partition coefficient (Wildman–Crippen LogP) is 1.02. The zero-order chi connectivity index (χ0) is 27.2. The van der Waals surface area contributed by atoms with Crippen molar-refractivity contribution in [1.29, 1.82) is 0 Å². The van der Waals surface area contributed by atoms with Gasteiger partial charge in [-0.1, -0.05) is 12.1 Å². The maximum atomic E-state index is 12.1. The molecule has 1 aliphatic rings. The van der Waals surface area contributed by atoms with E-state index in [9.17, 15) is 24.0 Å². The number of nitrogens with zero attached hydrogens (tertiary/aromatic N) is 3. The SMILES string of the molecule is CC(=O)N(C)CCN(C)C(=O)OCc1ccc(NC(=O)CCOCCOCCN2C(=O)C=CC2=O)cc1. The third kappa shape index (κ3) is 10.8. The minimum Gasteiger partial charge on any atom is -0.445 e. The molecule has 2 rings (SSSR count). The highest BCUT2D eigenvalue weighted by molar-refractivity contribution is 6.12. The predicted molar refractivity (Wildman–Crippen MR) is 133 cm³/mol. The van der Waals surface area contributed by atoms with Gasteiger partial charge in [0.05, 0.1) is 39.4 Å². The van der Waals surface area contributed by atoms with Crippen molar-refractivity contribution in [3.8, 4) is 0 Å². The van der Waals surface area contributed by atoms with Gasteiger partial charge in [-0.05, 0) is 17.7 Å². The summed E-state index contributed by atoms with van der Waals surface area (Å²) in [5.74, 6) is -0.975. The summed E-state index contributed by atoms with van der Waals surface area (Å²) in [7, 11) is 3.27. The van der Waals surface area contributed by atoms with Crippen LogP contribution >= 0.6 is 0 Å². The molecule has 0 bridgehead atoms. The van der Waals surface area contributed by atoms with Gasteiger partial charge in [0.2, 0.25) is 11.8 Å². The Kier molecular flexibility index (Phi) is 12.2. The number of ether oxygens (including phenoxy) is 3. The molecule has 12 nitrogen and oxygen atoms in total. The quantitative estimate of drug-likeness (QED) is 0.269. The van der Waals surface area contributed by atoms with Crippen LogP contribution in [0.3, 0.4) is 0 Å². The molecule has 0 atom stereocenters. The second-order valence-corrected chi connectivity index (χ2v) is 8.30. The lowest BCUT2D eigenvalue weighted by atomic mass is 10.2. The van der Waals surface area contributed by atoms with E-state index in [-0.39, 0.29) is 69.6 Å². The lowest BCUT2D eigenvalue weighted by Crippen LogP contribution is -2.36. The van der Waals surface area contributed by atoms with E-state index >= 15 is 0 Å². The largest absolute Gasteiger partial charge is 0.445 e. The van der Waals surface area contributed by atoms with Gasteiger partial charge in [-0.15, -0.1) is 0 Å². The Bertz CT molecular complexity index is 961. The maximum absolute atomic E-state index is 12.1. The Morgan fingerprint density at radius 2 is 1.46 bits per heavy atom. The van der Waals surface area contributed by atoms with E-state index in [0.717, 1.165) is 10.5 Å². The van der Waals surface area contributed by atoms with Crippen LogP contribution in [-0.4, -0.2) is 105 Å². The average molecular weight is 519 g/mol. The van der Waals surface area contributed by atoms with Crippen LogP contribution < -0.4 is 5.32 Å². The lowest BCUT2D eigenvalue weighted by Gasteiger charge is -2.21. The highest BCUT2D eigenvalue weighted by Crippen LogP contribution is 2.11. The highest BCUT2D eigenvalue weighted by atomic mass is 16.6. The number of rotatable bonds is 15. The molecule has 1 aliphatic heterocycles. The molecule has 1 aromatic rings. The number of nitrogens with one attached hydrogen (secondary N) is 1. The number of benzene rings is 1. The van der Waals surface area contributed by atoms with E-state index in [1.54, 1.807) is 38.4 Å². The van der Waals surface area contributed by atoms with Crippen LogP contribution in [0, 0.1) is 0 Å². The Morgan fingerprint density at radius 1 is 0.865 bits per heavy atom. The Hall–Kier alpha value is -3.77. The summed E-state index contributed by atoms with van der Waals surface area (Å²) in [6.45, 7) is 3.49. The minimum atomic E-state index is -0.492. The van der Waals surface area contributed by atoms with Gasteiger partial charge in [-0.25, -0.2) is 4.79 Å². The summed E-state index contributed by atoms with van der Waals surface area (Å²) in [6.07, 6.45) is 2.12. The fourth-order valence-electron chi connectivity index (χ4n) is 3.01. The Balaban J connectivity index is 1.54. The Labute approximate surface area is 216 Å². The normalized spacial score (nSPS) is 12.6. The van der Waals surface area contributed by atoms with E-state index in [0.29, 0.717) is 18.8 Å². The molecule has 0 aromatic heterocycles. The van der Waals surface area contributed by atoms with Crippen molar-refractivity contribution < 1.29 is 38.2 Å². The first kappa shape index (κ1) is 29.5. The number of carbonyl (C=O) groups excluding carboxylic acids is 5. The van der Waals surface area contributed by atoms with E-state index in [2.05, 4.69) is 5.32 Å². The van der Waals surface area contributed by atoms with Crippen LogP contribution in [0.4, 0.5) is 10.5 Å². The molecule has 0 spiro atoms. The zero-order valence-corrected chi connectivity index (χ0v) is 21.4. The van der Waals surface area contributed by atoms with Crippen LogP contribution in [0.5, 0.6) is 0 Å². The lowest BCUT2D eigenvalue weighted by molar-refractivity contribution is -0.137. The summed E-state index contributed by atoms with van der Waals surface area (Å²) in [5.41, 5.74) is 1.37. The molecule has 202 valence electrons. The third-order valence-corrected chi connectivity index (χ3v) is 5.43. The van der Waals surface area contributed by atoms with Crippen molar-refractivity contribution in [2.75, 3.05) is 65.5 Å². The first-order valence-electron chi connectivity index (χ1n) is 11.8. The fraction of sp³-hybridized carbons (Fsp3) is 0.480. The molecule has 37 heavy (non-hydrogen) atoms. The van der Waals surface area contributed by atoms with Gasteiger partial charge in [0.25, 0.3) is 11.8 Å². The van der Waals surface area contributed by atoms with Crippen molar-refractivity contribution in [3.05, 3.63) is 42.0 Å². The second-order valence-electron chi connectivity index (χ2n) is 8.30. The molecule has 5 amide bonds. The first-order valence-corrected chi connectivity index (χ1v) is 11.8. The van der Waals surface area contributed by atoms with Gasteiger partial charge in [-0.3, -0.25) is 24.1 Å². The van der Waals surface area contributed by atoms with E-state index in [1.165, 1.54) is 28.9 Å². The second kappa shape index (κ2) is 15.4. The van der Waals surface area contributed by atoms with E-state index in [1.807, 2.05) is 0 Å². The average Bonchev–Trinajstić information content (AvgIpc) is 3.19. The highest BCUT2D eigenvalue weighted by Gasteiger charge is 2.22. The molecule has 0 fully saturated rings. The molecule has 0 unspecified atom stereocenters. The molecule has 1 heterocycles. The number of anilines is 1. The molecule has 0 radical (unpaired) electrons. The third-order valence-electron chi connectivity index (χ3n) is 5.43. The van der Waals surface area contributed by atoms with E-state index < -0.39 is 6.09 Å². The monoisotopic (exact) mass is 518 g/mol. The van der Waals surface area contributed by atoms with Crippen LogP contribution in [0.2, 0.25) is 0 Å². The fourth-order valence-corrected chi connectivity index (χ4v) is 3.01. The van der Waals surface area contributed by atoms with Crippen molar-refractivity contribution in [3.63, 3.8) is 0 Å². The topological polar surface area (TPSA) is 135 Å². The molecular formula is C25H34N4O8. The first-order chi connectivity index (χ1) is 17.7. The minimum absolute atomic E-state index is 0.0751. The van der Waals surface area contributed by atoms with Gasteiger partial charge < -0.3 is 29.3 Å². The molecule has 0 aliphatic carbocycles. The van der Waals surface area contributed by atoms with Crippen molar-refractivity contribution in [1.82, 2.24) is 14.7 Å². The van der Waals surface area contributed by atoms with Gasteiger partial charge in [0.15, 0.2) is 0 Å². The van der Waals surface area contributed by atoms with Gasteiger partial charge in [-0.2, -0.15) is 0 Å². The molecular weight excluding hydrogens is 484 g/mol. The van der Waals surface area contributed by atoms with Crippen molar-refractivity contribution >= 4 is 35.4 Å². The van der Waals surface area contributed by atoms with Gasteiger partial charge >= 0.3 is 6.09 Å². The molecule has 0 saturated carbocycles. The van der Waals surface area contributed by atoms with Gasteiger partial charge in [0.1, 0.15) is 6.61 Å². The summed E-state index contributed by atoms with van der Waals surface area (Å²) in [6, 6.07) is 6.93. The molecule has 0 saturated heterocycles. The van der Waals surface area contributed by atoms with Crippen LogP contribution in [0.1, 0.15) is 18.9 Å². The van der Waals surface area contributed by atoms with Crippen LogP contribution in [0.15, 0.2) is 36.4 Å². The number of imide groups is 1. The van der Waals surface area contributed by atoms with Crippen molar-refractivity contribution in [2.24, 2.45) is 0 Å². The standard InChI is InChI=1S/C25H34N4O8/c1-19(30)27(2)11-12-28(3)25(34)37-18-20-4-6-21(7-5-20)26-22(31)10-14-35-16-17-36-15-13-29-23(32)8-9-24(29)33/h4-9H,10-18H2,1-3H3,(H,26,31). The van der Waals surface area contributed by atoms with Crippen LogP contribution in [-0.2, 0) is 40.0 Å². The molecule has 1 N–H and O–H groups in total. The molecule has 12 heteroatoms. The molecule has 1 aromatic carbocycles. The number of carbonyl (C=O) groups is 5. The van der Waals surface area contributed by atoms with Crippen molar-refractivity contribution in [2.45, 2.75) is 20.0 Å². The Morgan fingerprint density at radius 3 is 2.08 bits per heavy atom. The van der Waals surface area contributed by atoms with E-state index in [4.69, 9.17) is 14.2 Å². The smallest absolute Gasteiger partial charge is 0.409 e. The number of hydrogen-bond donors (Lipinski definition) is 1. The van der Waals surface area contributed by atoms with Gasteiger partial charge in [0, 0.05) is 51.9 Å². The summed E-state index contributed by atoms with van der Waals surface area (Å²) in [4.78, 5) is 62.2. The number of amides is 5. The summed E-state index contributed by atoms with van der Waals surface area (Å²) < 4.78 is 16.0. The van der Waals surface area contributed by atoms with Crippen LogP contribution in [0.25, 0.3) is 0 Å². The number of likely N-dealkylation sites (N-methyl/N-ethyl adjacent to an activating group) is 2. The summed E-state index contributed by atoms with van der Waals surface area (Å²) >= 11 is 0.